The first-order chi connectivity index (χ1) is 9.63. The molecule has 1 rings (SSSR count). The van der Waals surface area contributed by atoms with Crippen molar-refractivity contribution in [3.05, 3.63) is 30.1 Å². The maximum absolute atomic E-state index is 13.2. The van der Waals surface area contributed by atoms with Gasteiger partial charge in [-0.2, -0.15) is 0 Å². The normalized spacial score (nSPS) is 11.1. The summed E-state index contributed by atoms with van der Waals surface area (Å²) in [5.41, 5.74) is 0.994. The third kappa shape index (κ3) is 6.90. The van der Waals surface area contributed by atoms with Gasteiger partial charge in [0, 0.05) is 24.8 Å². The Balaban J connectivity index is 2.19. The van der Waals surface area contributed by atoms with Crippen LogP contribution in [-0.4, -0.2) is 25.7 Å². The Hall–Kier alpha value is -1.09. The zero-order valence-corrected chi connectivity index (χ0v) is 13.2. The molecule has 0 heterocycles. The number of rotatable bonds is 10. The Morgan fingerprint density at radius 2 is 1.90 bits per heavy atom. The first-order valence-corrected chi connectivity index (χ1v) is 7.87. The number of benzene rings is 1. The van der Waals surface area contributed by atoms with Crippen molar-refractivity contribution < 1.29 is 4.39 Å². The average molecular weight is 280 g/mol. The standard InChI is InChI=1S/C17H29FN2/c1-4-20(17-11-9-10-16(18)14-17)13-8-6-5-7-12-19-15(2)3/h9-11,14-15,19H,4-8,12-13H2,1-3H3. The van der Waals surface area contributed by atoms with Crippen molar-refractivity contribution in [1.82, 2.24) is 5.32 Å². The molecule has 0 unspecified atom stereocenters. The molecule has 0 saturated carbocycles. The summed E-state index contributed by atoms with van der Waals surface area (Å²) in [5, 5.41) is 3.44. The minimum absolute atomic E-state index is 0.152. The number of nitrogens with zero attached hydrogens (tertiary/aromatic N) is 1. The topological polar surface area (TPSA) is 15.3 Å². The Labute approximate surface area is 123 Å². The highest BCUT2D eigenvalue weighted by Gasteiger charge is 2.04. The van der Waals surface area contributed by atoms with Gasteiger partial charge < -0.3 is 10.2 Å². The minimum Gasteiger partial charge on any atom is -0.372 e. The van der Waals surface area contributed by atoms with E-state index in [4.69, 9.17) is 0 Å². The van der Waals surface area contributed by atoms with Crippen molar-refractivity contribution >= 4 is 5.69 Å². The van der Waals surface area contributed by atoms with Gasteiger partial charge in [0.1, 0.15) is 5.82 Å². The van der Waals surface area contributed by atoms with E-state index in [1.807, 2.05) is 6.07 Å². The van der Waals surface area contributed by atoms with E-state index in [0.29, 0.717) is 6.04 Å². The van der Waals surface area contributed by atoms with Crippen LogP contribution in [-0.2, 0) is 0 Å². The first kappa shape index (κ1) is 17.0. The predicted molar refractivity (Wildman–Crippen MR) is 85.9 cm³/mol. The number of unbranched alkanes of at least 4 members (excludes halogenated alkanes) is 3. The molecule has 0 aromatic heterocycles. The maximum atomic E-state index is 13.2. The Morgan fingerprint density at radius 1 is 1.15 bits per heavy atom. The fourth-order valence-corrected chi connectivity index (χ4v) is 2.31. The lowest BCUT2D eigenvalue weighted by Crippen LogP contribution is -2.24. The van der Waals surface area contributed by atoms with Gasteiger partial charge in [0.25, 0.3) is 0 Å². The fourth-order valence-electron chi connectivity index (χ4n) is 2.31. The van der Waals surface area contributed by atoms with Crippen LogP contribution in [0.1, 0.15) is 46.5 Å². The zero-order chi connectivity index (χ0) is 14.8. The van der Waals surface area contributed by atoms with Crippen LogP contribution in [0.5, 0.6) is 0 Å². The van der Waals surface area contributed by atoms with Gasteiger partial charge in [0.2, 0.25) is 0 Å². The summed E-state index contributed by atoms with van der Waals surface area (Å²) in [6.07, 6.45) is 4.92. The second kappa shape index (κ2) is 9.76. The van der Waals surface area contributed by atoms with Gasteiger partial charge >= 0.3 is 0 Å². The Kier molecular flexibility index (Phi) is 8.28. The predicted octanol–water partition coefficient (Wildman–Crippen LogP) is 4.21. The van der Waals surface area contributed by atoms with Crippen LogP contribution in [0.15, 0.2) is 24.3 Å². The molecule has 2 nitrogen and oxygen atoms in total. The van der Waals surface area contributed by atoms with Gasteiger partial charge in [-0.15, -0.1) is 0 Å². The molecule has 1 N–H and O–H groups in total. The van der Waals surface area contributed by atoms with Crippen LogP contribution >= 0.6 is 0 Å². The first-order valence-electron chi connectivity index (χ1n) is 7.87. The summed E-state index contributed by atoms with van der Waals surface area (Å²) < 4.78 is 13.2. The molecule has 1 aromatic rings. The van der Waals surface area contributed by atoms with Gasteiger partial charge in [0.15, 0.2) is 0 Å². The van der Waals surface area contributed by atoms with E-state index in [1.54, 1.807) is 12.1 Å². The Morgan fingerprint density at radius 3 is 2.55 bits per heavy atom. The Bertz CT molecular complexity index is 366. The molecule has 0 spiro atoms. The number of hydrogen-bond acceptors (Lipinski definition) is 2. The van der Waals surface area contributed by atoms with E-state index in [1.165, 1.54) is 31.7 Å². The molecule has 3 heteroatoms. The lowest BCUT2D eigenvalue weighted by molar-refractivity contribution is 0.540. The van der Waals surface area contributed by atoms with Gasteiger partial charge in [-0.25, -0.2) is 4.39 Å². The quantitative estimate of drug-likeness (QED) is 0.646. The summed E-state index contributed by atoms with van der Waals surface area (Å²) in [4.78, 5) is 2.25. The second-order valence-electron chi connectivity index (χ2n) is 5.58. The summed E-state index contributed by atoms with van der Waals surface area (Å²) >= 11 is 0. The molecule has 0 fully saturated rings. The lowest BCUT2D eigenvalue weighted by atomic mass is 10.1. The highest BCUT2D eigenvalue weighted by atomic mass is 19.1. The van der Waals surface area contributed by atoms with Gasteiger partial charge in [-0.05, 0) is 44.5 Å². The van der Waals surface area contributed by atoms with Gasteiger partial charge in [-0.3, -0.25) is 0 Å². The van der Waals surface area contributed by atoms with Gasteiger partial charge in [0.05, 0.1) is 0 Å². The molecule has 1 aromatic carbocycles. The molecule has 0 amide bonds. The molecule has 0 aliphatic heterocycles. The van der Waals surface area contributed by atoms with Crippen molar-refractivity contribution in [1.29, 1.82) is 0 Å². The van der Waals surface area contributed by atoms with Crippen molar-refractivity contribution in [3.8, 4) is 0 Å². The van der Waals surface area contributed by atoms with Crippen molar-refractivity contribution in [2.75, 3.05) is 24.5 Å². The van der Waals surface area contributed by atoms with E-state index in [0.717, 1.165) is 25.3 Å². The molecule has 0 saturated heterocycles. The fraction of sp³-hybridized carbons (Fsp3) is 0.647. The third-order valence-electron chi connectivity index (χ3n) is 3.46. The van der Waals surface area contributed by atoms with E-state index in [2.05, 4.69) is 31.0 Å². The summed E-state index contributed by atoms with van der Waals surface area (Å²) in [7, 11) is 0. The van der Waals surface area contributed by atoms with Crippen LogP contribution in [0.3, 0.4) is 0 Å². The maximum Gasteiger partial charge on any atom is 0.125 e. The summed E-state index contributed by atoms with van der Waals surface area (Å²) in [5.74, 6) is -0.152. The monoisotopic (exact) mass is 280 g/mol. The molecule has 0 aliphatic rings. The van der Waals surface area contributed by atoms with Crippen LogP contribution in [0.2, 0.25) is 0 Å². The van der Waals surface area contributed by atoms with E-state index >= 15 is 0 Å². The molecular formula is C17H29FN2. The molecule has 114 valence electrons. The molecule has 0 aliphatic carbocycles. The average Bonchev–Trinajstić information content (AvgIpc) is 2.41. The summed E-state index contributed by atoms with van der Waals surface area (Å²) in [6, 6.07) is 7.47. The lowest BCUT2D eigenvalue weighted by Gasteiger charge is -2.23. The van der Waals surface area contributed by atoms with E-state index < -0.39 is 0 Å². The second-order valence-corrected chi connectivity index (χ2v) is 5.58. The van der Waals surface area contributed by atoms with Crippen LogP contribution < -0.4 is 10.2 Å². The molecule has 0 bridgehead atoms. The molecule has 20 heavy (non-hydrogen) atoms. The highest BCUT2D eigenvalue weighted by Crippen LogP contribution is 2.16. The molecular weight excluding hydrogens is 251 g/mol. The summed E-state index contributed by atoms with van der Waals surface area (Å²) in [6.45, 7) is 9.53. The minimum atomic E-state index is -0.152. The van der Waals surface area contributed by atoms with Crippen LogP contribution in [0.25, 0.3) is 0 Å². The van der Waals surface area contributed by atoms with Crippen LogP contribution in [0, 0.1) is 5.82 Å². The van der Waals surface area contributed by atoms with Crippen molar-refractivity contribution in [3.63, 3.8) is 0 Å². The largest absolute Gasteiger partial charge is 0.372 e. The molecule has 0 radical (unpaired) electrons. The number of hydrogen-bond donors (Lipinski definition) is 1. The smallest absolute Gasteiger partial charge is 0.125 e. The zero-order valence-electron chi connectivity index (χ0n) is 13.2. The SMILES string of the molecule is CCN(CCCCCCNC(C)C)c1cccc(F)c1. The van der Waals surface area contributed by atoms with Crippen molar-refractivity contribution in [2.24, 2.45) is 0 Å². The van der Waals surface area contributed by atoms with Crippen LogP contribution in [0.4, 0.5) is 10.1 Å². The van der Waals surface area contributed by atoms with Crippen molar-refractivity contribution in [2.45, 2.75) is 52.5 Å². The number of halogens is 1. The number of nitrogens with one attached hydrogen (secondary N) is 1. The number of anilines is 1. The molecule has 0 atom stereocenters. The van der Waals surface area contributed by atoms with Gasteiger partial charge in [-0.1, -0.05) is 32.8 Å². The van der Waals surface area contributed by atoms with E-state index in [9.17, 15) is 4.39 Å². The third-order valence-corrected chi connectivity index (χ3v) is 3.46. The highest BCUT2D eigenvalue weighted by molar-refractivity contribution is 5.46. The van der Waals surface area contributed by atoms with E-state index in [-0.39, 0.29) is 5.82 Å².